The molecule has 1 aliphatic rings. The normalized spacial score (nSPS) is 23.4. The van der Waals surface area contributed by atoms with Gasteiger partial charge in [0.2, 0.25) is 5.95 Å². The van der Waals surface area contributed by atoms with E-state index in [0.29, 0.717) is 24.5 Å². The quantitative estimate of drug-likeness (QED) is 0.740. The van der Waals surface area contributed by atoms with Gasteiger partial charge in [0.25, 0.3) is 5.91 Å². The Hall–Kier alpha value is -2.35. The summed E-state index contributed by atoms with van der Waals surface area (Å²) in [6.07, 6.45) is 4.58. The Morgan fingerprint density at radius 2 is 2.29 bits per heavy atom. The topological polar surface area (TPSA) is 99.1 Å². The van der Waals surface area contributed by atoms with E-state index in [4.69, 9.17) is 0 Å². The largest absolute Gasteiger partial charge is 0.393 e. The van der Waals surface area contributed by atoms with Gasteiger partial charge in [-0.15, -0.1) is 5.10 Å². The first-order valence-electron chi connectivity index (χ1n) is 8.12. The number of carbonyl (C=O) groups is 1. The van der Waals surface area contributed by atoms with Crippen molar-refractivity contribution in [3.8, 4) is 0 Å². The van der Waals surface area contributed by atoms with Crippen molar-refractivity contribution >= 4 is 11.9 Å². The van der Waals surface area contributed by atoms with E-state index < -0.39 is 6.10 Å². The maximum absolute atomic E-state index is 12.1. The van der Waals surface area contributed by atoms with Crippen LogP contribution in [0.15, 0.2) is 18.5 Å². The van der Waals surface area contributed by atoms with Crippen LogP contribution in [0.4, 0.5) is 5.95 Å². The molecule has 3 rings (SSSR count). The molecule has 0 radical (unpaired) electrons. The van der Waals surface area contributed by atoms with Crippen LogP contribution in [0.2, 0.25) is 0 Å². The molecule has 3 N–H and O–H groups in total. The van der Waals surface area contributed by atoms with Crippen LogP contribution in [0.1, 0.15) is 34.9 Å². The lowest BCUT2D eigenvalue weighted by atomic mass is 10.0. The molecule has 0 bridgehead atoms. The molecule has 8 nitrogen and oxygen atoms in total. The van der Waals surface area contributed by atoms with Crippen molar-refractivity contribution in [2.75, 3.05) is 25.5 Å². The molecule has 130 valence electrons. The number of aromatic amines is 1. The summed E-state index contributed by atoms with van der Waals surface area (Å²) in [7, 11) is 5.65. The first-order valence-corrected chi connectivity index (χ1v) is 8.12. The highest BCUT2D eigenvalue weighted by Gasteiger charge is 2.35. The Morgan fingerprint density at radius 3 is 2.92 bits per heavy atom. The fourth-order valence-electron chi connectivity index (χ4n) is 3.16. The molecular weight excluding hydrogens is 308 g/mol. The summed E-state index contributed by atoms with van der Waals surface area (Å²) in [4.78, 5) is 18.4. The van der Waals surface area contributed by atoms with E-state index in [-0.39, 0.29) is 17.7 Å². The van der Waals surface area contributed by atoms with Crippen LogP contribution in [0, 0.1) is 5.92 Å². The molecule has 0 unspecified atom stereocenters. The molecule has 0 spiro atoms. The van der Waals surface area contributed by atoms with E-state index in [1.165, 1.54) is 0 Å². The van der Waals surface area contributed by atoms with E-state index in [1.807, 2.05) is 36.8 Å². The van der Waals surface area contributed by atoms with Gasteiger partial charge < -0.3 is 19.9 Å². The molecule has 0 saturated heterocycles. The Morgan fingerprint density at radius 1 is 1.50 bits per heavy atom. The summed E-state index contributed by atoms with van der Waals surface area (Å²) in [6, 6.07) is 1.78. The van der Waals surface area contributed by atoms with Crippen LogP contribution in [0.5, 0.6) is 0 Å². The SMILES string of the molecule is CN(C)c1n[nH]c([C@H]2C[C@H](CNC(=O)c3ccn(C)c3)[C@H](O)C2)n1. The second-order valence-electron chi connectivity index (χ2n) is 6.69. The number of nitrogens with one attached hydrogen (secondary N) is 2. The summed E-state index contributed by atoms with van der Waals surface area (Å²) in [5.41, 5.74) is 0.632. The predicted molar refractivity (Wildman–Crippen MR) is 89.9 cm³/mol. The van der Waals surface area contributed by atoms with E-state index >= 15 is 0 Å². The van der Waals surface area contributed by atoms with E-state index in [0.717, 1.165) is 12.2 Å². The third-order valence-corrected chi connectivity index (χ3v) is 4.55. The zero-order chi connectivity index (χ0) is 17.3. The Labute approximate surface area is 140 Å². The van der Waals surface area contributed by atoms with Gasteiger partial charge in [0.05, 0.1) is 11.7 Å². The molecule has 0 aromatic carbocycles. The number of anilines is 1. The third-order valence-electron chi connectivity index (χ3n) is 4.55. The number of aromatic nitrogens is 4. The molecule has 24 heavy (non-hydrogen) atoms. The van der Waals surface area contributed by atoms with Gasteiger partial charge in [-0.1, -0.05) is 0 Å². The Kier molecular flexibility index (Phi) is 4.57. The molecular formula is C16H24N6O2. The molecule has 1 fully saturated rings. The van der Waals surface area contributed by atoms with Gasteiger partial charge in [0.1, 0.15) is 5.82 Å². The maximum atomic E-state index is 12.1. The van der Waals surface area contributed by atoms with Gasteiger partial charge >= 0.3 is 0 Å². The standard InChI is InChI=1S/C16H24N6O2/c1-21(2)16-18-14(19-20-16)11-6-12(13(23)7-11)8-17-15(24)10-4-5-22(3)9-10/h4-5,9,11-13,23H,6-8H2,1-3H3,(H,17,24)(H,18,19,20)/t11-,12+,13+/m0/s1. The van der Waals surface area contributed by atoms with Crippen LogP contribution in [-0.2, 0) is 7.05 Å². The average molecular weight is 332 g/mol. The Bertz CT molecular complexity index is 707. The average Bonchev–Trinajstić information content (AvgIpc) is 3.24. The Balaban J connectivity index is 1.56. The lowest BCUT2D eigenvalue weighted by molar-refractivity contribution is 0.0916. The minimum absolute atomic E-state index is 0.0237. The van der Waals surface area contributed by atoms with E-state index in [1.54, 1.807) is 12.3 Å². The zero-order valence-electron chi connectivity index (χ0n) is 14.2. The van der Waals surface area contributed by atoms with Gasteiger partial charge in [-0.05, 0) is 18.9 Å². The van der Waals surface area contributed by atoms with Gasteiger partial charge in [0.15, 0.2) is 0 Å². The number of aliphatic hydroxyl groups is 1. The van der Waals surface area contributed by atoms with Gasteiger partial charge in [-0.2, -0.15) is 4.98 Å². The minimum atomic E-state index is -0.445. The van der Waals surface area contributed by atoms with Crippen molar-refractivity contribution in [3.63, 3.8) is 0 Å². The molecule has 2 aromatic rings. The fourth-order valence-corrected chi connectivity index (χ4v) is 3.16. The highest BCUT2D eigenvalue weighted by molar-refractivity contribution is 5.94. The molecule has 2 aromatic heterocycles. The van der Waals surface area contributed by atoms with Crippen LogP contribution >= 0.6 is 0 Å². The lowest BCUT2D eigenvalue weighted by Crippen LogP contribution is -2.32. The van der Waals surface area contributed by atoms with Gasteiger partial charge in [-0.25, -0.2) is 0 Å². The number of amides is 1. The zero-order valence-corrected chi connectivity index (χ0v) is 14.2. The predicted octanol–water partition coefficient (Wildman–Crippen LogP) is 0.494. The monoisotopic (exact) mass is 332 g/mol. The smallest absolute Gasteiger partial charge is 0.252 e. The second-order valence-corrected chi connectivity index (χ2v) is 6.69. The van der Waals surface area contributed by atoms with Crippen LogP contribution in [0.3, 0.4) is 0 Å². The maximum Gasteiger partial charge on any atom is 0.252 e. The number of aryl methyl sites for hydroxylation is 1. The minimum Gasteiger partial charge on any atom is -0.393 e. The van der Waals surface area contributed by atoms with Crippen molar-refractivity contribution in [2.24, 2.45) is 13.0 Å². The van der Waals surface area contributed by atoms with Crippen LogP contribution < -0.4 is 10.2 Å². The summed E-state index contributed by atoms with van der Waals surface area (Å²) in [6.45, 7) is 0.458. The van der Waals surface area contributed by atoms with Crippen molar-refractivity contribution in [1.82, 2.24) is 25.1 Å². The third kappa shape index (κ3) is 3.43. The van der Waals surface area contributed by atoms with Crippen molar-refractivity contribution in [3.05, 3.63) is 29.8 Å². The number of hydrogen-bond acceptors (Lipinski definition) is 5. The van der Waals surface area contributed by atoms with Crippen LogP contribution in [0.25, 0.3) is 0 Å². The highest BCUT2D eigenvalue weighted by atomic mass is 16.3. The number of rotatable bonds is 5. The molecule has 2 heterocycles. The number of hydrogen-bond donors (Lipinski definition) is 3. The number of nitrogens with zero attached hydrogens (tertiary/aromatic N) is 4. The second kappa shape index (κ2) is 6.64. The lowest BCUT2D eigenvalue weighted by Gasteiger charge is -2.14. The van der Waals surface area contributed by atoms with Crippen LogP contribution in [-0.4, -0.2) is 57.5 Å². The molecule has 1 aliphatic carbocycles. The highest BCUT2D eigenvalue weighted by Crippen LogP contribution is 2.37. The van der Waals surface area contributed by atoms with E-state index in [2.05, 4.69) is 20.5 Å². The summed E-state index contributed by atoms with van der Waals surface area (Å²) >= 11 is 0. The van der Waals surface area contributed by atoms with Crippen molar-refractivity contribution in [1.29, 1.82) is 0 Å². The molecule has 1 amide bonds. The number of H-pyrrole nitrogens is 1. The first-order chi connectivity index (χ1) is 11.4. The first kappa shape index (κ1) is 16.5. The van der Waals surface area contributed by atoms with Crippen molar-refractivity contribution in [2.45, 2.75) is 24.9 Å². The van der Waals surface area contributed by atoms with Crippen molar-refractivity contribution < 1.29 is 9.90 Å². The fraction of sp³-hybridized carbons (Fsp3) is 0.562. The van der Waals surface area contributed by atoms with E-state index in [9.17, 15) is 9.90 Å². The molecule has 0 aliphatic heterocycles. The van der Waals surface area contributed by atoms with Gasteiger partial charge in [-0.3, -0.25) is 9.89 Å². The molecule has 8 heteroatoms. The van der Waals surface area contributed by atoms with Gasteiger partial charge in [0, 0.05) is 51.9 Å². The molecule has 3 atom stereocenters. The summed E-state index contributed by atoms with van der Waals surface area (Å²) in [5.74, 6) is 1.49. The number of carbonyl (C=O) groups excluding carboxylic acids is 1. The summed E-state index contributed by atoms with van der Waals surface area (Å²) in [5, 5.41) is 20.3. The number of aliphatic hydroxyl groups excluding tert-OH is 1. The molecule has 1 saturated carbocycles. The summed E-state index contributed by atoms with van der Waals surface area (Å²) < 4.78 is 1.83.